The molecular weight excluding hydrogens is 254 g/mol. The maximum Gasteiger partial charge on any atom is 0.243 e. The lowest BCUT2D eigenvalue weighted by Gasteiger charge is -2.31. The molecule has 1 saturated carbocycles. The Hall–Kier alpha value is -1.44. The molecular formula is C11H13N3O3S. The lowest BCUT2D eigenvalue weighted by molar-refractivity contribution is 0.0712. The molecule has 3 rings (SSSR count). The minimum atomic E-state index is -3.56. The van der Waals surface area contributed by atoms with Crippen molar-refractivity contribution in [2.75, 3.05) is 0 Å². The van der Waals surface area contributed by atoms with Gasteiger partial charge in [0.1, 0.15) is 10.5 Å². The third-order valence-corrected chi connectivity index (χ3v) is 4.70. The molecule has 96 valence electrons. The van der Waals surface area contributed by atoms with E-state index in [0.717, 1.165) is 0 Å². The molecule has 1 aliphatic rings. The first-order chi connectivity index (χ1) is 8.56. The summed E-state index contributed by atoms with van der Waals surface area (Å²) in [6.07, 6.45) is 3.60. The third kappa shape index (κ3) is 1.90. The van der Waals surface area contributed by atoms with Crippen molar-refractivity contribution < 1.29 is 13.5 Å². The zero-order valence-corrected chi connectivity index (χ0v) is 10.3. The van der Waals surface area contributed by atoms with Gasteiger partial charge in [0.2, 0.25) is 10.0 Å². The van der Waals surface area contributed by atoms with Crippen molar-refractivity contribution >= 4 is 21.1 Å². The van der Waals surface area contributed by atoms with E-state index >= 15 is 0 Å². The van der Waals surface area contributed by atoms with Crippen LogP contribution in [0.4, 0.5) is 0 Å². The van der Waals surface area contributed by atoms with Crippen LogP contribution in [0.2, 0.25) is 0 Å². The summed E-state index contributed by atoms with van der Waals surface area (Å²) in [5.74, 6) is 0. The highest BCUT2D eigenvalue weighted by Gasteiger charge is 2.32. The minimum absolute atomic E-state index is 0.174. The van der Waals surface area contributed by atoms with Crippen molar-refractivity contribution in [3.8, 4) is 0 Å². The number of aromatic nitrogens is 2. The molecule has 1 fully saturated rings. The first-order valence-corrected chi connectivity index (χ1v) is 7.17. The van der Waals surface area contributed by atoms with Crippen LogP contribution in [-0.4, -0.2) is 35.6 Å². The summed E-state index contributed by atoms with van der Waals surface area (Å²) >= 11 is 0. The van der Waals surface area contributed by atoms with Gasteiger partial charge in [0.05, 0.1) is 6.10 Å². The van der Waals surface area contributed by atoms with Crippen molar-refractivity contribution in [1.82, 2.24) is 14.7 Å². The Kier molecular flexibility index (Phi) is 2.61. The normalized spacial score (nSPS) is 24.1. The van der Waals surface area contributed by atoms with E-state index in [1.54, 1.807) is 18.3 Å². The Morgan fingerprint density at radius 3 is 2.94 bits per heavy atom. The number of hydrogen-bond acceptors (Lipinski definition) is 4. The molecule has 0 spiro atoms. The van der Waals surface area contributed by atoms with Crippen LogP contribution < -0.4 is 4.72 Å². The van der Waals surface area contributed by atoms with Crippen LogP contribution in [0.25, 0.3) is 11.0 Å². The number of aliphatic hydroxyl groups is 1. The topological polar surface area (TPSA) is 95.1 Å². The van der Waals surface area contributed by atoms with E-state index in [1.807, 2.05) is 0 Å². The third-order valence-electron chi connectivity index (χ3n) is 3.14. The number of sulfonamides is 1. The summed E-state index contributed by atoms with van der Waals surface area (Å²) in [7, 11) is -3.56. The van der Waals surface area contributed by atoms with Gasteiger partial charge in [-0.2, -0.15) is 0 Å². The largest absolute Gasteiger partial charge is 0.393 e. The molecule has 3 N–H and O–H groups in total. The smallest absolute Gasteiger partial charge is 0.243 e. The van der Waals surface area contributed by atoms with Gasteiger partial charge in [0, 0.05) is 23.8 Å². The Bertz CT molecular complexity index is 674. The summed E-state index contributed by atoms with van der Waals surface area (Å²) < 4.78 is 26.9. The number of aromatic amines is 1. The second kappa shape index (κ2) is 4.04. The standard InChI is InChI=1S/C11H13N3O3S/c15-8-4-7(5-8)14-18(16,17)10-6-13-11-9(10)2-1-3-12-11/h1-3,6-8,14-15H,4-5H2,(H,12,13). The zero-order valence-electron chi connectivity index (χ0n) is 9.50. The predicted molar refractivity (Wildman–Crippen MR) is 65.4 cm³/mol. The van der Waals surface area contributed by atoms with Crippen LogP contribution in [0.1, 0.15) is 12.8 Å². The van der Waals surface area contributed by atoms with Gasteiger partial charge in [-0.1, -0.05) is 0 Å². The molecule has 1 aliphatic carbocycles. The maximum atomic E-state index is 12.2. The van der Waals surface area contributed by atoms with E-state index in [2.05, 4.69) is 14.7 Å². The van der Waals surface area contributed by atoms with E-state index in [1.165, 1.54) is 6.20 Å². The first kappa shape index (κ1) is 11.6. The van der Waals surface area contributed by atoms with Gasteiger partial charge in [0.15, 0.2) is 0 Å². The van der Waals surface area contributed by atoms with Crippen LogP contribution in [-0.2, 0) is 10.0 Å². The van der Waals surface area contributed by atoms with Crippen molar-refractivity contribution in [3.05, 3.63) is 24.5 Å². The van der Waals surface area contributed by atoms with Crippen molar-refractivity contribution in [2.45, 2.75) is 29.9 Å². The van der Waals surface area contributed by atoms with Gasteiger partial charge >= 0.3 is 0 Å². The van der Waals surface area contributed by atoms with Gasteiger partial charge in [-0.3, -0.25) is 0 Å². The number of hydrogen-bond donors (Lipinski definition) is 3. The first-order valence-electron chi connectivity index (χ1n) is 5.69. The number of rotatable bonds is 3. The minimum Gasteiger partial charge on any atom is -0.393 e. The SMILES string of the molecule is O=S(=O)(NC1CC(O)C1)c1c[nH]c2ncccc12. The summed E-state index contributed by atoms with van der Waals surface area (Å²) in [4.78, 5) is 7.09. The lowest BCUT2D eigenvalue weighted by atomic mass is 9.91. The maximum absolute atomic E-state index is 12.2. The van der Waals surface area contributed by atoms with Crippen LogP contribution in [0, 0.1) is 0 Å². The number of pyridine rings is 1. The molecule has 18 heavy (non-hydrogen) atoms. The molecule has 0 amide bonds. The van der Waals surface area contributed by atoms with Crippen LogP contribution in [0.15, 0.2) is 29.4 Å². The molecule has 0 unspecified atom stereocenters. The van der Waals surface area contributed by atoms with Gasteiger partial charge in [-0.25, -0.2) is 18.1 Å². The van der Waals surface area contributed by atoms with E-state index < -0.39 is 10.0 Å². The van der Waals surface area contributed by atoms with Gasteiger partial charge in [-0.15, -0.1) is 0 Å². The van der Waals surface area contributed by atoms with Gasteiger partial charge in [-0.05, 0) is 25.0 Å². The Labute approximate surface area is 104 Å². The average molecular weight is 267 g/mol. The van der Waals surface area contributed by atoms with Crippen LogP contribution >= 0.6 is 0 Å². The molecule has 2 aromatic rings. The molecule has 0 bridgehead atoms. The molecule has 2 heterocycles. The van der Waals surface area contributed by atoms with E-state index in [0.29, 0.717) is 23.9 Å². The number of fused-ring (bicyclic) bond motifs is 1. The highest BCUT2D eigenvalue weighted by atomic mass is 32.2. The Morgan fingerprint density at radius 2 is 2.22 bits per heavy atom. The van der Waals surface area contributed by atoms with Gasteiger partial charge in [0.25, 0.3) is 0 Å². The second-order valence-corrected chi connectivity index (χ2v) is 6.18. The quantitative estimate of drug-likeness (QED) is 0.748. The molecule has 0 saturated heterocycles. The number of aliphatic hydroxyl groups excluding tert-OH is 1. The molecule has 2 aromatic heterocycles. The second-order valence-electron chi connectivity index (χ2n) is 4.50. The Morgan fingerprint density at radius 1 is 1.44 bits per heavy atom. The summed E-state index contributed by atoms with van der Waals surface area (Å²) in [5, 5.41) is 9.74. The predicted octanol–water partition coefficient (Wildman–Crippen LogP) is 0.364. The molecule has 0 atom stereocenters. The number of H-pyrrole nitrogens is 1. The fourth-order valence-corrected chi connectivity index (χ4v) is 3.55. The van der Waals surface area contributed by atoms with Crippen LogP contribution in [0.3, 0.4) is 0 Å². The highest BCUT2D eigenvalue weighted by molar-refractivity contribution is 7.89. The fourth-order valence-electron chi connectivity index (χ4n) is 2.12. The fraction of sp³-hybridized carbons (Fsp3) is 0.364. The number of nitrogens with one attached hydrogen (secondary N) is 2. The summed E-state index contributed by atoms with van der Waals surface area (Å²) in [6, 6.07) is 3.23. The Balaban J connectivity index is 1.93. The van der Waals surface area contributed by atoms with Gasteiger partial charge < -0.3 is 10.1 Å². The molecule has 0 radical (unpaired) electrons. The van der Waals surface area contributed by atoms with E-state index in [4.69, 9.17) is 5.11 Å². The molecule has 0 aromatic carbocycles. The molecule has 6 nitrogen and oxygen atoms in total. The monoisotopic (exact) mass is 267 g/mol. The van der Waals surface area contributed by atoms with E-state index in [-0.39, 0.29) is 17.0 Å². The number of nitrogens with zero attached hydrogens (tertiary/aromatic N) is 1. The lowest BCUT2D eigenvalue weighted by Crippen LogP contribution is -2.46. The molecule has 0 aliphatic heterocycles. The zero-order chi connectivity index (χ0) is 12.8. The van der Waals surface area contributed by atoms with Crippen molar-refractivity contribution in [1.29, 1.82) is 0 Å². The summed E-state index contributed by atoms with van der Waals surface area (Å²) in [6.45, 7) is 0. The van der Waals surface area contributed by atoms with Crippen LogP contribution in [0.5, 0.6) is 0 Å². The van der Waals surface area contributed by atoms with Crippen molar-refractivity contribution in [2.24, 2.45) is 0 Å². The summed E-state index contributed by atoms with van der Waals surface area (Å²) in [5.41, 5.74) is 0.548. The average Bonchev–Trinajstić information content (AvgIpc) is 2.71. The van der Waals surface area contributed by atoms with E-state index in [9.17, 15) is 8.42 Å². The van der Waals surface area contributed by atoms with Crippen molar-refractivity contribution in [3.63, 3.8) is 0 Å². The highest BCUT2D eigenvalue weighted by Crippen LogP contribution is 2.25. The molecule has 7 heteroatoms.